The predicted octanol–water partition coefficient (Wildman–Crippen LogP) is 15.5. The largest absolute Gasteiger partial charge is 0.370 e. The summed E-state index contributed by atoms with van der Waals surface area (Å²) >= 11 is 0. The van der Waals surface area contributed by atoms with Gasteiger partial charge in [0, 0.05) is 62.1 Å². The van der Waals surface area contributed by atoms with Crippen LogP contribution >= 0.6 is 0 Å². The van der Waals surface area contributed by atoms with Crippen molar-refractivity contribution in [3.63, 3.8) is 0 Å². The maximum Gasteiger partial charge on any atom is 0.144 e. The van der Waals surface area contributed by atoms with Crippen LogP contribution in [0.2, 0.25) is 0 Å². The lowest BCUT2D eigenvalue weighted by atomic mass is 9.70. The molecule has 2 aromatic heterocycles. The Labute approximate surface area is 396 Å². The Hall–Kier alpha value is -5.88. The molecular formula is C60H74N6. The Morgan fingerprint density at radius 1 is 0.515 bits per heavy atom. The maximum absolute atomic E-state index is 5.19. The first-order chi connectivity index (χ1) is 32.1. The molecule has 5 aromatic carbocycles. The molecule has 1 atom stereocenters. The van der Waals surface area contributed by atoms with Crippen LogP contribution in [0.1, 0.15) is 135 Å². The van der Waals surface area contributed by atoms with E-state index in [9.17, 15) is 0 Å². The molecule has 6 heteroatoms. The fraction of sp³-hybridized carbons (Fsp3) is 0.400. The summed E-state index contributed by atoms with van der Waals surface area (Å²) in [6.45, 7) is 24.9. The van der Waals surface area contributed by atoms with Crippen molar-refractivity contribution in [2.45, 2.75) is 125 Å². The molecule has 0 spiro atoms. The minimum atomic E-state index is -0.192. The first kappa shape index (κ1) is 46.6. The van der Waals surface area contributed by atoms with Gasteiger partial charge >= 0.3 is 0 Å². The van der Waals surface area contributed by atoms with E-state index < -0.39 is 0 Å². The SMILES string of the molecule is CC.CC(C)c1cc(-c2ccccc2)cc(N2CCCCC2)c1-n1ccnc1-c1ccccc1C[C@@H](C)C(C)(C)c1ccccc1-c1nccn1-c1c(C(C)C)cccc1N1CCCCC1. The Morgan fingerprint density at radius 2 is 1.05 bits per heavy atom. The number of hydrogen-bond acceptors (Lipinski definition) is 4. The van der Waals surface area contributed by atoms with Crippen LogP contribution in [-0.4, -0.2) is 45.3 Å². The number of aromatic nitrogens is 4. The summed E-state index contributed by atoms with van der Waals surface area (Å²) in [4.78, 5) is 15.6. The van der Waals surface area contributed by atoms with E-state index in [1.807, 2.05) is 26.2 Å². The summed E-state index contributed by atoms with van der Waals surface area (Å²) in [5.74, 6) is 2.99. The first-order valence-electron chi connectivity index (χ1n) is 25.2. The normalized spacial score (nSPS) is 15.0. The molecule has 0 radical (unpaired) electrons. The van der Waals surface area contributed by atoms with E-state index in [-0.39, 0.29) is 11.3 Å². The lowest BCUT2D eigenvalue weighted by Gasteiger charge is -2.35. The first-order valence-corrected chi connectivity index (χ1v) is 25.2. The van der Waals surface area contributed by atoms with Crippen molar-refractivity contribution in [2.75, 3.05) is 36.0 Å². The van der Waals surface area contributed by atoms with Crippen LogP contribution in [0, 0.1) is 5.92 Å². The molecule has 4 heterocycles. The third kappa shape index (κ3) is 9.39. The quantitative estimate of drug-likeness (QED) is 0.116. The second-order valence-electron chi connectivity index (χ2n) is 19.7. The lowest BCUT2D eigenvalue weighted by Crippen LogP contribution is -2.31. The molecule has 0 saturated carbocycles. The molecule has 0 N–H and O–H groups in total. The third-order valence-corrected chi connectivity index (χ3v) is 14.6. The molecule has 7 aromatic rings. The number of rotatable bonds is 13. The molecule has 0 amide bonds. The molecular weight excluding hydrogens is 805 g/mol. The van der Waals surface area contributed by atoms with E-state index in [1.165, 1.54) is 106 Å². The maximum atomic E-state index is 5.19. The highest BCUT2D eigenvalue weighted by Crippen LogP contribution is 2.44. The van der Waals surface area contributed by atoms with E-state index in [0.29, 0.717) is 11.8 Å². The van der Waals surface area contributed by atoms with Crippen molar-refractivity contribution in [3.05, 3.63) is 156 Å². The van der Waals surface area contributed by atoms with Gasteiger partial charge in [0.05, 0.1) is 22.7 Å². The summed E-state index contributed by atoms with van der Waals surface area (Å²) in [7, 11) is 0. The minimum Gasteiger partial charge on any atom is -0.370 e. The summed E-state index contributed by atoms with van der Waals surface area (Å²) in [6, 6.07) is 40.7. The van der Waals surface area contributed by atoms with Gasteiger partial charge in [0.1, 0.15) is 11.6 Å². The summed E-state index contributed by atoms with van der Waals surface area (Å²) in [5, 5.41) is 0. The Kier molecular flexibility index (Phi) is 14.7. The second kappa shape index (κ2) is 20.7. The number of hydrogen-bond donors (Lipinski definition) is 0. The van der Waals surface area contributed by atoms with E-state index in [2.05, 4.69) is 189 Å². The Morgan fingerprint density at radius 3 is 1.67 bits per heavy atom. The second-order valence-corrected chi connectivity index (χ2v) is 19.7. The topological polar surface area (TPSA) is 42.1 Å². The van der Waals surface area contributed by atoms with Crippen LogP contribution in [0.15, 0.2) is 134 Å². The number of piperidine rings is 2. The van der Waals surface area contributed by atoms with Crippen molar-refractivity contribution < 1.29 is 0 Å². The van der Waals surface area contributed by atoms with Gasteiger partial charge in [0.15, 0.2) is 0 Å². The number of para-hydroxylation sites is 1. The highest BCUT2D eigenvalue weighted by molar-refractivity contribution is 5.80. The van der Waals surface area contributed by atoms with Gasteiger partial charge in [-0.3, -0.25) is 9.13 Å². The zero-order chi connectivity index (χ0) is 46.4. The molecule has 2 aliphatic rings. The van der Waals surface area contributed by atoms with Gasteiger partial charge in [-0.1, -0.05) is 153 Å². The van der Waals surface area contributed by atoms with Crippen molar-refractivity contribution in [1.29, 1.82) is 0 Å². The van der Waals surface area contributed by atoms with Crippen LogP contribution in [0.25, 0.3) is 45.3 Å². The average molecular weight is 879 g/mol. The fourth-order valence-corrected chi connectivity index (χ4v) is 10.6. The van der Waals surface area contributed by atoms with E-state index >= 15 is 0 Å². The van der Waals surface area contributed by atoms with Gasteiger partial charge in [0.2, 0.25) is 0 Å². The highest BCUT2D eigenvalue weighted by Gasteiger charge is 2.33. The van der Waals surface area contributed by atoms with Crippen molar-refractivity contribution >= 4 is 11.4 Å². The van der Waals surface area contributed by atoms with Crippen molar-refractivity contribution in [1.82, 2.24) is 19.1 Å². The van der Waals surface area contributed by atoms with Gasteiger partial charge in [-0.25, -0.2) is 9.97 Å². The zero-order valence-electron chi connectivity index (χ0n) is 41.4. The molecule has 2 saturated heterocycles. The molecule has 66 heavy (non-hydrogen) atoms. The molecule has 0 aliphatic carbocycles. The summed E-state index contributed by atoms with van der Waals surface area (Å²) in [5.41, 5.74) is 15.3. The molecule has 2 aliphatic heterocycles. The molecule has 0 unspecified atom stereocenters. The van der Waals surface area contributed by atoms with Gasteiger partial charge in [0.25, 0.3) is 0 Å². The highest BCUT2D eigenvalue weighted by atomic mass is 15.2. The van der Waals surface area contributed by atoms with E-state index in [1.54, 1.807) is 0 Å². The number of imidazole rings is 2. The molecule has 0 bridgehead atoms. The van der Waals surface area contributed by atoms with Gasteiger partial charge < -0.3 is 9.80 Å². The van der Waals surface area contributed by atoms with Gasteiger partial charge in [-0.15, -0.1) is 0 Å². The number of nitrogens with zero attached hydrogens (tertiary/aromatic N) is 6. The van der Waals surface area contributed by atoms with Crippen molar-refractivity contribution in [2.24, 2.45) is 5.92 Å². The molecule has 2 fully saturated rings. The molecule has 9 rings (SSSR count). The summed E-state index contributed by atoms with van der Waals surface area (Å²) in [6.07, 6.45) is 16.8. The van der Waals surface area contributed by atoms with Crippen molar-refractivity contribution in [3.8, 4) is 45.3 Å². The monoisotopic (exact) mass is 879 g/mol. The lowest BCUT2D eigenvalue weighted by molar-refractivity contribution is 0.343. The standard InChI is InChI=1S/C58H68N6.C2H6/c1-41(2)47-27-21-29-52(61-32-17-9-18-33-61)54(47)63-36-31-60-57(63)49-26-15-16-28-51(49)58(6,7)43(5)38-45-24-13-14-25-48(45)56-59-30-37-64(56)55-50(42(3)4)39-46(44-22-11-8-12-23-44)40-53(55)62-34-19-10-20-35-62;1-2/h8,11-16,21-31,36-37,39-43H,9-10,17-20,32-35,38H2,1-7H3;1-2H3/t43-;/m1./s1. The Balaban J connectivity index is 0.00000292. The van der Waals surface area contributed by atoms with E-state index in [4.69, 9.17) is 9.97 Å². The summed E-state index contributed by atoms with van der Waals surface area (Å²) < 4.78 is 4.80. The fourth-order valence-electron chi connectivity index (χ4n) is 10.6. The third-order valence-electron chi connectivity index (χ3n) is 14.6. The van der Waals surface area contributed by atoms with Gasteiger partial charge in [-0.05, 0) is 120 Å². The smallest absolute Gasteiger partial charge is 0.144 e. The van der Waals surface area contributed by atoms with Gasteiger partial charge in [-0.2, -0.15) is 0 Å². The van der Waals surface area contributed by atoms with Crippen LogP contribution in [0.4, 0.5) is 11.4 Å². The molecule has 344 valence electrons. The minimum absolute atomic E-state index is 0.192. The van der Waals surface area contributed by atoms with E-state index in [0.717, 1.165) is 44.2 Å². The number of anilines is 2. The molecule has 6 nitrogen and oxygen atoms in total. The van der Waals surface area contributed by atoms with Crippen LogP contribution in [0.5, 0.6) is 0 Å². The Bertz CT molecular complexity index is 2670. The van der Waals surface area contributed by atoms with Crippen LogP contribution in [0.3, 0.4) is 0 Å². The predicted molar refractivity (Wildman–Crippen MR) is 281 cm³/mol. The average Bonchev–Trinajstić information content (AvgIpc) is 4.06. The zero-order valence-corrected chi connectivity index (χ0v) is 41.4. The van der Waals surface area contributed by atoms with Crippen LogP contribution in [-0.2, 0) is 11.8 Å². The van der Waals surface area contributed by atoms with Crippen LogP contribution < -0.4 is 9.80 Å². The number of benzene rings is 5.